The summed E-state index contributed by atoms with van der Waals surface area (Å²) in [6.45, 7) is -3.44. The Bertz CT molecular complexity index is 908. The summed E-state index contributed by atoms with van der Waals surface area (Å²) in [6.07, 6.45) is -2.47. The van der Waals surface area contributed by atoms with Crippen molar-refractivity contribution in [3.63, 3.8) is 0 Å². The van der Waals surface area contributed by atoms with Gasteiger partial charge in [-0.3, -0.25) is 18.9 Å². The summed E-state index contributed by atoms with van der Waals surface area (Å²) < 4.78 is 11.8. The number of nitrogens with zero attached hydrogens (tertiary/aromatic N) is 3. The monoisotopic (exact) mass is 393 g/mol. The molecule has 0 unspecified atom stereocenters. The summed E-state index contributed by atoms with van der Waals surface area (Å²) in [7, 11) is 0. The molecule has 14 heteroatoms. The summed E-state index contributed by atoms with van der Waals surface area (Å²) in [6, 6.07) is 0. The Kier molecular flexibility index (Phi) is 4.46. The minimum atomic E-state index is -4.15. The minimum absolute atomic E-state index is 0.0343. The minimum Gasteiger partial charge on any atom is -0.394 e. The molecule has 12 nitrogen and oxygen atoms in total. The highest BCUT2D eigenvalue weighted by Gasteiger charge is 2.56. The Balaban J connectivity index is 2.09. The van der Waals surface area contributed by atoms with E-state index in [0.717, 1.165) is 0 Å². The molecule has 3 rings (SSSR count). The molecule has 3 heterocycles. The first kappa shape index (κ1) is 18.4. The number of aliphatic hydroxyl groups is 2. The molecule has 138 valence electrons. The number of rotatable bonds is 4. The molecular weight excluding hydrogens is 377 g/mol. The van der Waals surface area contributed by atoms with Crippen LogP contribution < -0.4 is 11.3 Å². The van der Waals surface area contributed by atoms with Gasteiger partial charge in [0.15, 0.2) is 17.4 Å². The number of hydrogen-bond donors (Lipinski definition) is 6. The summed E-state index contributed by atoms with van der Waals surface area (Å²) in [5, 5.41) is 20.3. The van der Waals surface area contributed by atoms with Crippen molar-refractivity contribution in [2.75, 3.05) is 12.3 Å². The predicted octanol–water partition coefficient (Wildman–Crippen LogP) is -2.06. The molecule has 0 radical (unpaired) electrons. The number of anilines is 1. The van der Waals surface area contributed by atoms with E-state index in [-0.39, 0.29) is 17.1 Å². The fraction of sp³-hybridized carbons (Fsp3) is 0.545. The number of fused-ring (bicyclic) bond motifs is 1. The number of nitrogens with one attached hydrogen (secondary N) is 1. The molecule has 2 aromatic heterocycles. The van der Waals surface area contributed by atoms with Crippen molar-refractivity contribution in [1.29, 1.82) is 0 Å². The van der Waals surface area contributed by atoms with Gasteiger partial charge in [-0.25, -0.2) is 4.98 Å². The summed E-state index contributed by atoms with van der Waals surface area (Å²) in [5.74, 6) is -0.162. The van der Waals surface area contributed by atoms with Crippen LogP contribution in [-0.2, 0) is 21.1 Å². The van der Waals surface area contributed by atoms with Gasteiger partial charge in [0.05, 0.1) is 12.9 Å². The maximum atomic E-state index is 11.9. The Hall–Kier alpha value is -1.44. The van der Waals surface area contributed by atoms with Crippen LogP contribution in [0.2, 0.25) is 0 Å². The number of ether oxygens (including phenoxy) is 1. The SMILES string of the molecule is C[C@@]1(O)[C@H](OP(O)(O)=S)[C@@H](CO)O[C@H]1n1cnc2c(=O)[nH]c(N)nc21. The Morgan fingerprint density at radius 3 is 2.88 bits per heavy atom. The van der Waals surface area contributed by atoms with Crippen LogP contribution in [0.5, 0.6) is 0 Å². The van der Waals surface area contributed by atoms with E-state index in [1.54, 1.807) is 0 Å². The highest BCUT2D eigenvalue weighted by molar-refractivity contribution is 8.06. The second-order valence-electron chi connectivity index (χ2n) is 5.73. The Labute approximate surface area is 145 Å². The van der Waals surface area contributed by atoms with Crippen LogP contribution in [0.3, 0.4) is 0 Å². The molecule has 1 aliphatic heterocycles. The van der Waals surface area contributed by atoms with E-state index in [1.165, 1.54) is 17.8 Å². The average molecular weight is 393 g/mol. The van der Waals surface area contributed by atoms with E-state index in [0.29, 0.717) is 0 Å². The standard InChI is InChI=1S/C11H16N5O7PS/c1-11(19)6(23-24(20,21)25)4(2-17)22-9(11)16-3-13-5-7(16)14-10(12)15-8(5)18/h3-4,6,9,17,19H,2H2,1H3,(H2,20,21,25)(H3,12,14,15,18)/t4-,6-,9-,11-/m1/s1. The zero-order chi connectivity index (χ0) is 18.6. The molecular formula is C11H16N5O7PS. The highest BCUT2D eigenvalue weighted by Crippen LogP contribution is 2.48. The third-order valence-corrected chi connectivity index (χ3v) is 4.61. The van der Waals surface area contributed by atoms with Gasteiger partial charge in [0.25, 0.3) is 5.56 Å². The van der Waals surface area contributed by atoms with Gasteiger partial charge < -0.3 is 30.5 Å². The van der Waals surface area contributed by atoms with Gasteiger partial charge in [0.2, 0.25) is 5.95 Å². The van der Waals surface area contributed by atoms with Crippen LogP contribution in [0.1, 0.15) is 13.2 Å². The fourth-order valence-electron chi connectivity index (χ4n) is 2.81. The lowest BCUT2D eigenvalue weighted by molar-refractivity contribution is -0.0931. The van der Waals surface area contributed by atoms with E-state index in [9.17, 15) is 24.8 Å². The quantitative estimate of drug-likeness (QED) is 0.313. The molecule has 0 amide bonds. The molecule has 7 N–H and O–H groups in total. The Morgan fingerprint density at radius 2 is 2.28 bits per heavy atom. The lowest BCUT2D eigenvalue weighted by Crippen LogP contribution is -2.45. The molecule has 0 bridgehead atoms. The van der Waals surface area contributed by atoms with E-state index >= 15 is 0 Å². The third-order valence-electron chi connectivity index (χ3n) is 3.85. The van der Waals surface area contributed by atoms with Gasteiger partial charge in [0, 0.05) is 0 Å². The number of aromatic amines is 1. The van der Waals surface area contributed by atoms with Crippen molar-refractivity contribution in [2.24, 2.45) is 0 Å². The molecule has 0 aromatic carbocycles. The maximum absolute atomic E-state index is 11.9. The number of nitrogen functional groups attached to an aromatic ring is 1. The Morgan fingerprint density at radius 1 is 1.60 bits per heavy atom. The van der Waals surface area contributed by atoms with Gasteiger partial charge in [-0.2, -0.15) is 4.98 Å². The molecule has 0 spiro atoms. The van der Waals surface area contributed by atoms with E-state index in [1.807, 2.05) is 0 Å². The van der Waals surface area contributed by atoms with Gasteiger partial charge in [-0.1, -0.05) is 0 Å². The van der Waals surface area contributed by atoms with Crippen LogP contribution in [-0.4, -0.2) is 63.9 Å². The number of imidazole rings is 1. The largest absolute Gasteiger partial charge is 0.394 e. The first-order chi connectivity index (χ1) is 11.5. The van der Waals surface area contributed by atoms with Gasteiger partial charge in [-0.05, 0) is 18.7 Å². The van der Waals surface area contributed by atoms with Crippen molar-refractivity contribution in [2.45, 2.75) is 31.0 Å². The first-order valence-corrected chi connectivity index (χ1v) is 9.62. The normalized spacial score (nSPS) is 30.2. The van der Waals surface area contributed by atoms with Crippen molar-refractivity contribution in [3.05, 3.63) is 16.7 Å². The zero-order valence-electron chi connectivity index (χ0n) is 12.8. The van der Waals surface area contributed by atoms with Crippen LogP contribution in [0, 0.1) is 0 Å². The molecule has 25 heavy (non-hydrogen) atoms. The number of H-pyrrole nitrogens is 1. The summed E-state index contributed by atoms with van der Waals surface area (Å²) in [5.41, 5.74) is 3.09. The molecule has 1 aliphatic rings. The molecule has 0 saturated carbocycles. The predicted molar refractivity (Wildman–Crippen MR) is 87.8 cm³/mol. The topological polar surface area (TPSA) is 189 Å². The second kappa shape index (κ2) is 6.07. The fourth-order valence-corrected chi connectivity index (χ4v) is 3.74. The van der Waals surface area contributed by atoms with E-state index in [4.69, 9.17) is 15.0 Å². The highest BCUT2D eigenvalue weighted by atomic mass is 32.5. The molecule has 1 fully saturated rings. The van der Waals surface area contributed by atoms with Crippen LogP contribution in [0.25, 0.3) is 11.2 Å². The van der Waals surface area contributed by atoms with Crippen LogP contribution >= 0.6 is 6.72 Å². The first-order valence-electron chi connectivity index (χ1n) is 6.99. The summed E-state index contributed by atoms with van der Waals surface area (Å²) in [4.78, 5) is 40.8. The van der Waals surface area contributed by atoms with E-state index < -0.39 is 42.9 Å². The lowest BCUT2D eigenvalue weighted by atomic mass is 9.96. The van der Waals surface area contributed by atoms with Gasteiger partial charge in [-0.15, -0.1) is 0 Å². The average Bonchev–Trinajstić information content (AvgIpc) is 2.98. The maximum Gasteiger partial charge on any atom is 0.322 e. The van der Waals surface area contributed by atoms with Crippen molar-refractivity contribution >= 4 is 35.6 Å². The lowest BCUT2D eigenvalue weighted by Gasteiger charge is -2.30. The zero-order valence-corrected chi connectivity index (χ0v) is 14.5. The number of hydrogen-bond acceptors (Lipinski definition) is 9. The molecule has 2 aromatic rings. The molecule has 0 aliphatic carbocycles. The van der Waals surface area contributed by atoms with Crippen molar-refractivity contribution in [1.82, 2.24) is 19.5 Å². The van der Waals surface area contributed by atoms with Crippen molar-refractivity contribution in [3.8, 4) is 0 Å². The second-order valence-corrected chi connectivity index (χ2v) is 8.35. The number of aliphatic hydroxyl groups excluding tert-OH is 1. The number of aromatic nitrogens is 4. The van der Waals surface area contributed by atoms with Gasteiger partial charge in [0.1, 0.15) is 17.8 Å². The van der Waals surface area contributed by atoms with Gasteiger partial charge >= 0.3 is 6.72 Å². The van der Waals surface area contributed by atoms with Crippen LogP contribution in [0.15, 0.2) is 11.1 Å². The number of nitrogens with two attached hydrogens (primary N) is 1. The van der Waals surface area contributed by atoms with Crippen LogP contribution in [0.4, 0.5) is 5.95 Å². The smallest absolute Gasteiger partial charge is 0.322 e. The third kappa shape index (κ3) is 3.20. The van der Waals surface area contributed by atoms with E-state index in [2.05, 4.69) is 26.8 Å². The molecule has 4 atom stereocenters. The van der Waals surface area contributed by atoms with Crippen molar-refractivity contribution < 1.29 is 29.3 Å². The molecule has 1 saturated heterocycles. The summed E-state index contributed by atoms with van der Waals surface area (Å²) >= 11 is 4.43.